The normalized spacial score (nSPS) is 10.4. The van der Waals surface area contributed by atoms with Crippen molar-refractivity contribution in [3.63, 3.8) is 0 Å². The second kappa shape index (κ2) is 5.97. The van der Waals surface area contributed by atoms with Crippen molar-refractivity contribution in [3.8, 4) is 0 Å². The van der Waals surface area contributed by atoms with Crippen LogP contribution in [0, 0.1) is 17.0 Å². The molecule has 0 saturated carbocycles. The number of amides is 1. The first kappa shape index (κ1) is 15.1. The third kappa shape index (κ3) is 3.22. The van der Waals surface area contributed by atoms with Crippen molar-refractivity contribution in [2.75, 3.05) is 7.05 Å². The molecule has 110 valence electrons. The Morgan fingerprint density at radius 3 is 2.71 bits per heavy atom. The van der Waals surface area contributed by atoms with Gasteiger partial charge in [-0.25, -0.2) is 0 Å². The van der Waals surface area contributed by atoms with Crippen molar-refractivity contribution in [1.29, 1.82) is 0 Å². The Labute approximate surface area is 126 Å². The first-order chi connectivity index (χ1) is 9.90. The molecule has 0 spiro atoms. The molecule has 0 bridgehead atoms. The molecule has 2 rings (SSSR count). The molecule has 0 aliphatic rings. The first-order valence-electron chi connectivity index (χ1n) is 6.12. The quantitative estimate of drug-likeness (QED) is 0.640. The number of rotatable bonds is 4. The van der Waals surface area contributed by atoms with E-state index < -0.39 is 4.92 Å². The molecule has 0 N–H and O–H groups in total. The third-order valence-corrected chi connectivity index (χ3v) is 3.42. The summed E-state index contributed by atoms with van der Waals surface area (Å²) in [5, 5.41) is 11.2. The van der Waals surface area contributed by atoms with Gasteiger partial charge in [0.25, 0.3) is 11.6 Å². The van der Waals surface area contributed by atoms with Gasteiger partial charge in [-0.15, -0.1) is 0 Å². The van der Waals surface area contributed by atoms with Crippen LogP contribution in [0.25, 0.3) is 0 Å². The van der Waals surface area contributed by atoms with Gasteiger partial charge in [0.1, 0.15) is 0 Å². The highest BCUT2D eigenvalue weighted by molar-refractivity contribution is 6.31. The summed E-state index contributed by atoms with van der Waals surface area (Å²) in [6.45, 7) is 1.92. The average Bonchev–Trinajstić information content (AvgIpc) is 2.86. The van der Waals surface area contributed by atoms with Crippen molar-refractivity contribution in [3.05, 3.63) is 62.6 Å². The summed E-state index contributed by atoms with van der Waals surface area (Å²) >= 11 is 6.02. The highest BCUT2D eigenvalue weighted by Crippen LogP contribution is 2.24. The van der Waals surface area contributed by atoms with Gasteiger partial charge in [-0.3, -0.25) is 14.9 Å². The van der Waals surface area contributed by atoms with Crippen LogP contribution in [0.15, 0.2) is 34.9 Å². The summed E-state index contributed by atoms with van der Waals surface area (Å²) in [6.07, 6.45) is 1.44. The molecule has 1 amide bonds. The molecule has 1 heterocycles. The molecule has 0 unspecified atom stereocenters. The zero-order valence-corrected chi connectivity index (χ0v) is 12.3. The van der Waals surface area contributed by atoms with E-state index in [1.54, 1.807) is 20.0 Å². The van der Waals surface area contributed by atoms with Gasteiger partial charge in [0.15, 0.2) is 5.76 Å². The molecule has 7 heteroatoms. The molecule has 0 aliphatic heterocycles. The van der Waals surface area contributed by atoms with E-state index in [4.69, 9.17) is 16.0 Å². The SMILES string of the molecule is Cc1ccoc1C(=O)N(C)Cc1cc([N+](=O)[O-])ccc1Cl. The standard InChI is InChI=1S/C14H13ClN2O4/c1-9-5-6-21-13(9)14(18)16(2)8-10-7-11(17(19)20)3-4-12(10)15/h3-7H,8H2,1-2H3. The van der Waals surface area contributed by atoms with E-state index in [9.17, 15) is 14.9 Å². The molecule has 21 heavy (non-hydrogen) atoms. The lowest BCUT2D eigenvalue weighted by atomic mass is 10.2. The fraction of sp³-hybridized carbons (Fsp3) is 0.214. The van der Waals surface area contributed by atoms with E-state index in [1.165, 1.54) is 29.4 Å². The number of carbonyl (C=O) groups excluding carboxylic acids is 1. The number of benzene rings is 1. The molecular weight excluding hydrogens is 296 g/mol. The zero-order chi connectivity index (χ0) is 15.6. The first-order valence-corrected chi connectivity index (χ1v) is 6.50. The van der Waals surface area contributed by atoms with Crippen LogP contribution < -0.4 is 0 Å². The van der Waals surface area contributed by atoms with Gasteiger partial charge in [-0.1, -0.05) is 11.6 Å². The van der Waals surface area contributed by atoms with Crippen molar-refractivity contribution >= 4 is 23.2 Å². The van der Waals surface area contributed by atoms with Crippen LogP contribution in [0.5, 0.6) is 0 Å². The molecule has 6 nitrogen and oxygen atoms in total. The lowest BCUT2D eigenvalue weighted by molar-refractivity contribution is -0.384. The number of nitrogens with zero attached hydrogens (tertiary/aromatic N) is 2. The number of hydrogen-bond donors (Lipinski definition) is 0. The van der Waals surface area contributed by atoms with Crippen LogP contribution in [-0.2, 0) is 6.54 Å². The summed E-state index contributed by atoms with van der Waals surface area (Å²) in [6, 6.07) is 5.83. The summed E-state index contributed by atoms with van der Waals surface area (Å²) < 4.78 is 5.14. The van der Waals surface area contributed by atoms with Gasteiger partial charge in [0.05, 0.1) is 11.2 Å². The highest BCUT2D eigenvalue weighted by Gasteiger charge is 2.19. The maximum Gasteiger partial charge on any atom is 0.289 e. The van der Waals surface area contributed by atoms with Gasteiger partial charge in [0.2, 0.25) is 0 Å². The van der Waals surface area contributed by atoms with Crippen molar-refractivity contribution < 1.29 is 14.1 Å². The number of furan rings is 1. The van der Waals surface area contributed by atoms with Crippen LogP contribution in [0.2, 0.25) is 5.02 Å². The Morgan fingerprint density at radius 1 is 1.43 bits per heavy atom. The van der Waals surface area contributed by atoms with E-state index in [1.807, 2.05) is 0 Å². The van der Waals surface area contributed by atoms with Gasteiger partial charge in [-0.2, -0.15) is 0 Å². The number of halogens is 1. The van der Waals surface area contributed by atoms with Crippen LogP contribution in [-0.4, -0.2) is 22.8 Å². The smallest absolute Gasteiger partial charge is 0.289 e. The van der Waals surface area contributed by atoms with Crippen LogP contribution in [0.4, 0.5) is 5.69 Å². The Morgan fingerprint density at radius 2 is 2.14 bits per heavy atom. The maximum absolute atomic E-state index is 12.2. The largest absolute Gasteiger partial charge is 0.459 e. The van der Waals surface area contributed by atoms with Crippen LogP contribution in [0.1, 0.15) is 21.7 Å². The van der Waals surface area contributed by atoms with E-state index in [2.05, 4.69) is 0 Å². The van der Waals surface area contributed by atoms with Crippen LogP contribution >= 0.6 is 11.6 Å². The van der Waals surface area contributed by atoms with Crippen LogP contribution in [0.3, 0.4) is 0 Å². The summed E-state index contributed by atoms with van der Waals surface area (Å²) in [5.41, 5.74) is 1.17. The molecule has 0 fully saturated rings. The Balaban J connectivity index is 2.21. The van der Waals surface area contributed by atoms with E-state index in [-0.39, 0.29) is 23.9 Å². The number of nitro benzene ring substituents is 1. The maximum atomic E-state index is 12.2. The average molecular weight is 309 g/mol. The fourth-order valence-electron chi connectivity index (χ4n) is 1.89. The number of aryl methyl sites for hydroxylation is 1. The van der Waals surface area contributed by atoms with E-state index in [0.29, 0.717) is 10.6 Å². The van der Waals surface area contributed by atoms with Crippen molar-refractivity contribution in [2.24, 2.45) is 0 Å². The molecule has 0 saturated heterocycles. The number of hydrogen-bond acceptors (Lipinski definition) is 4. The second-order valence-corrected chi connectivity index (χ2v) is 5.03. The molecule has 0 aliphatic carbocycles. The number of carbonyl (C=O) groups is 1. The predicted octanol–water partition coefficient (Wildman–Crippen LogP) is 3.42. The van der Waals surface area contributed by atoms with E-state index in [0.717, 1.165) is 5.56 Å². The minimum absolute atomic E-state index is 0.0653. The van der Waals surface area contributed by atoms with Gasteiger partial charge >= 0.3 is 0 Å². The zero-order valence-electron chi connectivity index (χ0n) is 11.5. The summed E-state index contributed by atoms with van der Waals surface area (Å²) in [5.74, 6) is -0.0564. The topological polar surface area (TPSA) is 76.6 Å². The lowest BCUT2D eigenvalue weighted by Gasteiger charge is -2.17. The summed E-state index contributed by atoms with van der Waals surface area (Å²) in [4.78, 5) is 23.9. The Kier molecular flexibility index (Phi) is 4.28. The fourth-order valence-corrected chi connectivity index (χ4v) is 2.07. The van der Waals surface area contributed by atoms with Crippen molar-refractivity contribution in [2.45, 2.75) is 13.5 Å². The molecular formula is C14H13ClN2O4. The summed E-state index contributed by atoms with van der Waals surface area (Å²) in [7, 11) is 1.58. The Bertz CT molecular complexity index is 696. The third-order valence-electron chi connectivity index (χ3n) is 3.05. The van der Waals surface area contributed by atoms with Gasteiger partial charge in [0, 0.05) is 36.3 Å². The lowest BCUT2D eigenvalue weighted by Crippen LogP contribution is -2.26. The monoisotopic (exact) mass is 308 g/mol. The van der Waals surface area contributed by atoms with Gasteiger partial charge < -0.3 is 9.32 Å². The minimum Gasteiger partial charge on any atom is -0.459 e. The molecule has 2 aromatic rings. The van der Waals surface area contributed by atoms with Crippen molar-refractivity contribution in [1.82, 2.24) is 4.90 Å². The number of non-ortho nitro benzene ring substituents is 1. The number of nitro groups is 1. The molecule has 0 atom stereocenters. The Hall–Kier alpha value is -2.34. The van der Waals surface area contributed by atoms with Gasteiger partial charge in [-0.05, 0) is 24.6 Å². The molecule has 1 aromatic carbocycles. The van der Waals surface area contributed by atoms with E-state index >= 15 is 0 Å². The predicted molar refractivity (Wildman–Crippen MR) is 77.3 cm³/mol. The second-order valence-electron chi connectivity index (χ2n) is 4.63. The molecule has 0 radical (unpaired) electrons. The minimum atomic E-state index is -0.502. The highest BCUT2D eigenvalue weighted by atomic mass is 35.5. The molecule has 1 aromatic heterocycles.